The molecule has 2 aromatic rings. The average Bonchev–Trinajstić information content (AvgIpc) is 2.67. The van der Waals surface area contributed by atoms with Crippen molar-refractivity contribution >= 4 is 39.8 Å². The van der Waals surface area contributed by atoms with Crippen LogP contribution in [0, 0.1) is 0 Å². The fourth-order valence-corrected chi connectivity index (χ4v) is 8.21. The van der Waals surface area contributed by atoms with Crippen LogP contribution in [0.3, 0.4) is 0 Å². The second-order valence-corrected chi connectivity index (χ2v) is 12.9. The molecule has 0 bridgehead atoms. The van der Waals surface area contributed by atoms with Crippen LogP contribution in [0.25, 0.3) is 0 Å². The zero-order valence-electron chi connectivity index (χ0n) is 15.4. The maximum atomic E-state index is 12.4. The summed E-state index contributed by atoms with van der Waals surface area (Å²) >= 11 is 7.13. The number of benzene rings is 1. The molecule has 3 heterocycles. The summed E-state index contributed by atoms with van der Waals surface area (Å²) in [6.07, 6.45) is -0.824. The smallest absolute Gasteiger partial charge is 0.328 e. The van der Waals surface area contributed by atoms with Crippen LogP contribution in [0.15, 0.2) is 49.2 Å². The minimum absolute atomic E-state index is 0.0179. The fourth-order valence-electron chi connectivity index (χ4n) is 3.05. The van der Waals surface area contributed by atoms with Crippen LogP contribution < -0.4 is 31.8 Å². The minimum Gasteiger partial charge on any atom is -0.497 e. The molecule has 2 aliphatic rings. The van der Waals surface area contributed by atoms with E-state index in [0.717, 1.165) is 5.30 Å². The summed E-state index contributed by atoms with van der Waals surface area (Å²) in [7, 11) is 1.58. The third-order valence-corrected chi connectivity index (χ3v) is 10.2. The van der Waals surface area contributed by atoms with Crippen LogP contribution in [0.2, 0.25) is 0 Å². The lowest BCUT2D eigenvalue weighted by atomic mass is 10.0. The number of nitrogens with one attached hydrogen (secondary N) is 2. The lowest BCUT2D eigenvalue weighted by Gasteiger charge is -2.33. The predicted molar refractivity (Wildman–Crippen MR) is 116 cm³/mol. The molecule has 2 aliphatic heterocycles. The van der Waals surface area contributed by atoms with E-state index in [0.29, 0.717) is 23.0 Å². The molecule has 4 N–H and O–H groups in total. The number of methoxy groups -OCH3 is 1. The Balaban J connectivity index is 1.87. The highest BCUT2D eigenvalue weighted by molar-refractivity contribution is 8.74. The molecule has 0 saturated heterocycles. The topological polar surface area (TPSA) is 132 Å². The van der Waals surface area contributed by atoms with Gasteiger partial charge in [-0.3, -0.25) is 14.8 Å². The minimum atomic E-state index is -2.58. The van der Waals surface area contributed by atoms with Gasteiger partial charge >= 0.3 is 5.69 Å². The Morgan fingerprint density at radius 2 is 2.03 bits per heavy atom. The summed E-state index contributed by atoms with van der Waals surface area (Å²) in [4.78, 5) is 28.8. The molecule has 0 saturated carbocycles. The van der Waals surface area contributed by atoms with Crippen LogP contribution >= 0.6 is 16.8 Å². The molecule has 0 aliphatic carbocycles. The summed E-state index contributed by atoms with van der Waals surface area (Å²) in [5.41, 5.74) is 5.66. The monoisotopic (exact) mass is 452 g/mol. The molecule has 2 atom stereocenters. The van der Waals surface area contributed by atoms with E-state index in [2.05, 4.69) is 9.97 Å². The first-order chi connectivity index (χ1) is 13.9. The quantitative estimate of drug-likeness (QED) is 0.595. The zero-order valence-corrected chi connectivity index (χ0v) is 18.0. The van der Waals surface area contributed by atoms with Gasteiger partial charge < -0.3 is 19.9 Å². The highest BCUT2D eigenvalue weighted by Crippen LogP contribution is 2.65. The van der Waals surface area contributed by atoms with Crippen LogP contribution in [0.5, 0.6) is 11.6 Å². The molecule has 29 heavy (non-hydrogen) atoms. The van der Waals surface area contributed by atoms with Crippen molar-refractivity contribution in [2.75, 3.05) is 13.7 Å². The fraction of sp³-hybridized carbons (Fsp3) is 0.235. The summed E-state index contributed by atoms with van der Waals surface area (Å²) < 4.78 is 21.5. The van der Waals surface area contributed by atoms with E-state index >= 15 is 0 Å². The van der Waals surface area contributed by atoms with Crippen molar-refractivity contribution in [1.82, 2.24) is 9.97 Å². The van der Waals surface area contributed by atoms with Crippen LogP contribution in [-0.2, 0) is 16.5 Å². The first-order valence-electron chi connectivity index (χ1n) is 8.56. The van der Waals surface area contributed by atoms with E-state index in [-0.39, 0.29) is 17.3 Å². The van der Waals surface area contributed by atoms with Crippen molar-refractivity contribution in [3.63, 3.8) is 0 Å². The van der Waals surface area contributed by atoms with E-state index in [1.807, 2.05) is 12.1 Å². The molecule has 0 radical (unpaired) electrons. The highest BCUT2D eigenvalue weighted by Gasteiger charge is 2.42. The largest absolute Gasteiger partial charge is 0.497 e. The lowest BCUT2D eigenvalue weighted by molar-refractivity contribution is 0.0841. The Morgan fingerprint density at radius 3 is 2.69 bits per heavy atom. The molecule has 4 rings (SSSR count). The Labute approximate surface area is 174 Å². The third kappa shape index (κ3) is 3.44. The normalized spacial score (nSPS) is 23.0. The Hall–Kier alpha value is -2.33. The van der Waals surface area contributed by atoms with Gasteiger partial charge in [0.2, 0.25) is 11.8 Å². The Kier molecular flexibility index (Phi) is 5.16. The second-order valence-electron chi connectivity index (χ2n) is 6.08. The number of hydrogen-bond donors (Lipinski definition) is 3. The van der Waals surface area contributed by atoms with Crippen LogP contribution in [0.1, 0.15) is 18.6 Å². The molecule has 9 nitrogen and oxygen atoms in total. The molecule has 12 heteroatoms. The first kappa shape index (κ1) is 20.0. The molecule has 1 aromatic carbocycles. The summed E-state index contributed by atoms with van der Waals surface area (Å²) in [5, 5.41) is -1.39. The highest BCUT2D eigenvalue weighted by atomic mass is 32.9. The van der Waals surface area contributed by atoms with Gasteiger partial charge in [0.25, 0.3) is 5.56 Å². The molecule has 0 fully saturated rings. The van der Waals surface area contributed by atoms with Crippen molar-refractivity contribution in [3.05, 3.63) is 61.3 Å². The number of nitrogens with two attached hydrogens (primary N) is 1. The van der Waals surface area contributed by atoms with Gasteiger partial charge in [0.05, 0.1) is 17.7 Å². The number of H-pyrrole nitrogens is 2. The standard InChI is InChI=1S/C17H17N4O5PS2/c1-3-25-12-10-13(18)29-27(28,9-6-4-8(24-2)5-7-9)21-16(10)26-15-11(12)14(22)19-17(23)20-15/h4-7,12H,3,18H2,1-2H3,(H2,19,20,22,23). The summed E-state index contributed by atoms with van der Waals surface area (Å²) in [5.74, 6) is 0.841. The van der Waals surface area contributed by atoms with Crippen LogP contribution in [-0.4, -0.2) is 29.6 Å². The Morgan fingerprint density at radius 1 is 1.31 bits per heavy atom. The van der Waals surface area contributed by atoms with Crippen molar-refractivity contribution < 1.29 is 14.2 Å². The molecule has 152 valence electrons. The second kappa shape index (κ2) is 7.49. The molecule has 0 amide bonds. The van der Waals surface area contributed by atoms with E-state index in [1.165, 1.54) is 11.4 Å². The molecule has 2 unspecified atom stereocenters. The van der Waals surface area contributed by atoms with E-state index in [9.17, 15) is 9.59 Å². The Bertz CT molecular complexity index is 1200. The third-order valence-electron chi connectivity index (χ3n) is 4.34. The van der Waals surface area contributed by atoms with Crippen molar-refractivity contribution in [3.8, 4) is 11.6 Å². The molecular weight excluding hydrogens is 435 g/mol. The van der Waals surface area contributed by atoms with E-state index in [1.54, 1.807) is 26.2 Å². The van der Waals surface area contributed by atoms with Crippen molar-refractivity contribution in [1.29, 1.82) is 0 Å². The van der Waals surface area contributed by atoms with Gasteiger partial charge in [-0.15, -0.1) is 0 Å². The number of hydrogen-bond acceptors (Lipinski definition) is 8. The van der Waals surface area contributed by atoms with Gasteiger partial charge in [-0.25, -0.2) is 9.56 Å². The van der Waals surface area contributed by atoms with Gasteiger partial charge in [0.1, 0.15) is 22.8 Å². The van der Waals surface area contributed by atoms with Gasteiger partial charge in [0.15, 0.2) is 0 Å². The number of aromatic amines is 2. The SMILES string of the molecule is CCOC1C2=C(N)SP(=S)(c3ccc(OC)cc3)N=C2Oc2[nH]c(=O)[nH]c(=O)c21. The number of fused-ring (bicyclic) bond motifs is 2. The first-order valence-corrected chi connectivity index (χ1v) is 12.7. The number of rotatable bonds is 4. The number of ether oxygens (including phenoxy) is 3. The zero-order chi connectivity index (χ0) is 20.8. The molecular formula is C17H17N4O5PS2. The maximum Gasteiger partial charge on any atom is 0.328 e. The number of nitrogens with zero attached hydrogens (tertiary/aromatic N) is 1. The number of aromatic nitrogens is 2. The van der Waals surface area contributed by atoms with E-state index < -0.39 is 22.7 Å². The van der Waals surface area contributed by atoms with Crippen LogP contribution in [0.4, 0.5) is 0 Å². The predicted octanol–water partition coefficient (Wildman–Crippen LogP) is 1.49. The van der Waals surface area contributed by atoms with Gasteiger partial charge in [-0.1, -0.05) is 11.8 Å². The van der Waals surface area contributed by atoms with Crippen molar-refractivity contribution in [2.24, 2.45) is 10.5 Å². The lowest BCUT2D eigenvalue weighted by Crippen LogP contribution is -2.37. The molecule has 0 spiro atoms. The van der Waals surface area contributed by atoms with E-state index in [4.69, 9.17) is 36.5 Å². The molecule has 1 aromatic heterocycles. The van der Waals surface area contributed by atoms with Crippen molar-refractivity contribution in [2.45, 2.75) is 13.0 Å². The average molecular weight is 452 g/mol. The summed E-state index contributed by atoms with van der Waals surface area (Å²) in [6.45, 7) is 2.10. The maximum absolute atomic E-state index is 12.4. The van der Waals surface area contributed by atoms with Gasteiger partial charge in [-0.2, -0.15) is 0 Å². The van der Waals surface area contributed by atoms with Gasteiger partial charge in [-0.05, 0) is 42.6 Å². The van der Waals surface area contributed by atoms with Gasteiger partial charge in [0, 0.05) is 11.9 Å². The summed E-state index contributed by atoms with van der Waals surface area (Å²) in [6, 6.07) is 7.30.